The normalized spacial score (nSPS) is 22.9. The van der Waals surface area contributed by atoms with E-state index in [0.717, 1.165) is 12.8 Å². The molecule has 2 aliphatic rings. The van der Waals surface area contributed by atoms with E-state index in [0.29, 0.717) is 12.0 Å². The van der Waals surface area contributed by atoms with Crippen LogP contribution in [0.15, 0.2) is 24.3 Å². The Kier molecular flexibility index (Phi) is 3.56. The molecule has 116 valence electrons. The van der Waals surface area contributed by atoms with Gasteiger partial charge < -0.3 is 10.0 Å². The summed E-state index contributed by atoms with van der Waals surface area (Å²) < 4.78 is 0. The fourth-order valence-corrected chi connectivity index (χ4v) is 2.73. The van der Waals surface area contributed by atoms with Gasteiger partial charge in [0.25, 0.3) is 5.69 Å². The van der Waals surface area contributed by atoms with Crippen LogP contribution in [0.25, 0.3) is 0 Å². The van der Waals surface area contributed by atoms with Gasteiger partial charge in [-0.3, -0.25) is 19.7 Å². The Morgan fingerprint density at radius 2 is 1.95 bits per heavy atom. The van der Waals surface area contributed by atoms with Crippen molar-refractivity contribution in [3.8, 4) is 0 Å². The zero-order valence-corrected chi connectivity index (χ0v) is 11.8. The smallest absolute Gasteiger partial charge is 0.307 e. The van der Waals surface area contributed by atoms with Gasteiger partial charge in [0.2, 0.25) is 5.91 Å². The lowest BCUT2D eigenvalue weighted by Gasteiger charge is -2.22. The van der Waals surface area contributed by atoms with Crippen molar-refractivity contribution >= 4 is 17.6 Å². The van der Waals surface area contributed by atoms with E-state index in [1.165, 1.54) is 6.07 Å². The van der Waals surface area contributed by atoms with Gasteiger partial charge in [-0.05, 0) is 19.3 Å². The second kappa shape index (κ2) is 5.40. The minimum Gasteiger partial charge on any atom is -0.481 e. The van der Waals surface area contributed by atoms with Crippen molar-refractivity contribution in [1.82, 2.24) is 4.90 Å². The summed E-state index contributed by atoms with van der Waals surface area (Å²) in [6.45, 7) is 0.170. The van der Waals surface area contributed by atoms with Gasteiger partial charge in [-0.2, -0.15) is 0 Å². The summed E-state index contributed by atoms with van der Waals surface area (Å²) in [5.41, 5.74) is 0.479. The summed E-state index contributed by atoms with van der Waals surface area (Å²) in [6, 6.07) is 6.44. The molecule has 0 saturated heterocycles. The van der Waals surface area contributed by atoms with Crippen molar-refractivity contribution < 1.29 is 19.6 Å². The van der Waals surface area contributed by atoms with Gasteiger partial charge in [-0.1, -0.05) is 18.2 Å². The zero-order valence-electron chi connectivity index (χ0n) is 11.8. The van der Waals surface area contributed by atoms with Gasteiger partial charge >= 0.3 is 5.97 Å². The number of carbonyl (C=O) groups excluding carboxylic acids is 1. The van der Waals surface area contributed by atoms with Crippen LogP contribution >= 0.6 is 0 Å². The van der Waals surface area contributed by atoms with E-state index in [4.69, 9.17) is 5.11 Å². The highest BCUT2D eigenvalue weighted by molar-refractivity contribution is 5.89. The number of para-hydroxylation sites is 1. The summed E-state index contributed by atoms with van der Waals surface area (Å²) in [7, 11) is 0. The number of carbonyl (C=O) groups is 2. The minimum absolute atomic E-state index is 0.00784. The summed E-state index contributed by atoms with van der Waals surface area (Å²) in [4.78, 5) is 35.6. The number of hydrogen-bond donors (Lipinski definition) is 1. The van der Waals surface area contributed by atoms with Crippen LogP contribution in [-0.2, 0) is 16.1 Å². The topological polar surface area (TPSA) is 101 Å². The van der Waals surface area contributed by atoms with Crippen molar-refractivity contribution in [3.63, 3.8) is 0 Å². The van der Waals surface area contributed by atoms with E-state index in [1.807, 2.05) is 0 Å². The lowest BCUT2D eigenvalue weighted by molar-refractivity contribution is -0.385. The van der Waals surface area contributed by atoms with Crippen molar-refractivity contribution in [2.24, 2.45) is 11.8 Å². The highest BCUT2D eigenvalue weighted by atomic mass is 16.6. The number of carboxylic acids is 1. The molecule has 0 aromatic heterocycles. The molecule has 7 nitrogen and oxygen atoms in total. The molecule has 2 atom stereocenters. The van der Waals surface area contributed by atoms with Crippen LogP contribution in [-0.4, -0.2) is 32.8 Å². The van der Waals surface area contributed by atoms with Crippen LogP contribution in [0.1, 0.15) is 24.8 Å². The molecule has 1 aromatic carbocycles. The maximum Gasteiger partial charge on any atom is 0.307 e. The lowest BCUT2D eigenvalue weighted by atomic mass is 10.1. The SMILES string of the molecule is O=C(O)C1CC1C(=O)N(Cc1ccccc1[N+](=O)[O-])C1CC1. The molecule has 1 amide bonds. The number of nitrogens with zero attached hydrogens (tertiary/aromatic N) is 2. The average molecular weight is 304 g/mol. The number of carboxylic acid groups (broad SMARTS) is 1. The number of amides is 1. The Morgan fingerprint density at radius 1 is 1.27 bits per heavy atom. The second-order valence-corrected chi connectivity index (χ2v) is 5.87. The molecule has 0 bridgehead atoms. The van der Waals surface area contributed by atoms with Crippen molar-refractivity contribution in [3.05, 3.63) is 39.9 Å². The van der Waals surface area contributed by atoms with Crippen LogP contribution in [0, 0.1) is 22.0 Å². The van der Waals surface area contributed by atoms with Gasteiger partial charge in [-0.25, -0.2) is 0 Å². The molecular formula is C15H16N2O5. The molecule has 2 fully saturated rings. The molecular weight excluding hydrogens is 288 g/mol. The molecule has 1 N–H and O–H groups in total. The van der Waals surface area contributed by atoms with E-state index in [9.17, 15) is 19.7 Å². The Balaban J connectivity index is 1.77. The molecule has 3 rings (SSSR count). The standard InChI is InChI=1S/C15H16N2O5/c18-14(11-7-12(11)15(19)20)16(10-5-6-10)8-9-3-1-2-4-13(9)17(21)22/h1-4,10-12H,5-8H2,(H,19,20). The lowest BCUT2D eigenvalue weighted by Crippen LogP contribution is -2.34. The first-order chi connectivity index (χ1) is 10.5. The predicted molar refractivity (Wildman–Crippen MR) is 75.9 cm³/mol. The first-order valence-electron chi connectivity index (χ1n) is 7.24. The van der Waals surface area contributed by atoms with Gasteiger partial charge in [0.15, 0.2) is 0 Å². The Hall–Kier alpha value is -2.44. The van der Waals surface area contributed by atoms with Crippen molar-refractivity contribution in [2.75, 3.05) is 0 Å². The van der Waals surface area contributed by atoms with Crippen LogP contribution in [0.3, 0.4) is 0 Å². The summed E-state index contributed by atoms with van der Waals surface area (Å²) in [5.74, 6) is -2.20. The van der Waals surface area contributed by atoms with Crippen LogP contribution in [0.4, 0.5) is 5.69 Å². The fourth-order valence-electron chi connectivity index (χ4n) is 2.73. The average Bonchev–Trinajstić information content (AvgIpc) is 3.37. The maximum atomic E-state index is 12.5. The molecule has 2 aliphatic carbocycles. The first-order valence-corrected chi connectivity index (χ1v) is 7.24. The van der Waals surface area contributed by atoms with Crippen LogP contribution in [0.2, 0.25) is 0 Å². The van der Waals surface area contributed by atoms with E-state index < -0.39 is 22.7 Å². The number of benzene rings is 1. The molecule has 2 saturated carbocycles. The largest absolute Gasteiger partial charge is 0.481 e. The van der Waals surface area contributed by atoms with E-state index in [2.05, 4.69) is 0 Å². The molecule has 1 aromatic rings. The molecule has 2 unspecified atom stereocenters. The molecule has 0 aliphatic heterocycles. The fraction of sp³-hybridized carbons (Fsp3) is 0.467. The zero-order chi connectivity index (χ0) is 15.9. The monoisotopic (exact) mass is 304 g/mol. The third kappa shape index (κ3) is 2.79. The highest BCUT2D eigenvalue weighted by Gasteiger charge is 2.51. The van der Waals surface area contributed by atoms with E-state index >= 15 is 0 Å². The van der Waals surface area contributed by atoms with Crippen LogP contribution < -0.4 is 0 Å². The number of aliphatic carboxylic acids is 1. The minimum atomic E-state index is -0.945. The highest BCUT2D eigenvalue weighted by Crippen LogP contribution is 2.43. The Morgan fingerprint density at radius 3 is 2.50 bits per heavy atom. The number of rotatable bonds is 6. The second-order valence-electron chi connectivity index (χ2n) is 5.87. The number of nitro groups is 1. The third-order valence-electron chi connectivity index (χ3n) is 4.22. The Bertz CT molecular complexity index is 641. The first kappa shape index (κ1) is 14.5. The van der Waals surface area contributed by atoms with Gasteiger partial charge in [0.1, 0.15) is 0 Å². The van der Waals surface area contributed by atoms with Crippen molar-refractivity contribution in [1.29, 1.82) is 0 Å². The molecule has 0 heterocycles. The quantitative estimate of drug-likeness (QED) is 0.638. The summed E-state index contributed by atoms with van der Waals surface area (Å²) >= 11 is 0. The van der Waals surface area contributed by atoms with Gasteiger partial charge in [0.05, 0.1) is 23.3 Å². The third-order valence-corrected chi connectivity index (χ3v) is 4.22. The van der Waals surface area contributed by atoms with Gasteiger partial charge in [0, 0.05) is 17.7 Å². The summed E-state index contributed by atoms with van der Waals surface area (Å²) in [6.07, 6.45) is 2.11. The number of hydrogen-bond acceptors (Lipinski definition) is 4. The van der Waals surface area contributed by atoms with Crippen LogP contribution in [0.5, 0.6) is 0 Å². The molecule has 7 heteroatoms. The predicted octanol–water partition coefficient (Wildman–Crippen LogP) is 1.81. The molecule has 22 heavy (non-hydrogen) atoms. The van der Waals surface area contributed by atoms with E-state index in [1.54, 1.807) is 23.1 Å². The van der Waals surface area contributed by atoms with Gasteiger partial charge in [-0.15, -0.1) is 0 Å². The summed E-state index contributed by atoms with van der Waals surface area (Å²) in [5, 5.41) is 20.0. The Labute approximate surface area is 126 Å². The maximum absolute atomic E-state index is 12.5. The van der Waals surface area contributed by atoms with E-state index in [-0.39, 0.29) is 24.2 Å². The van der Waals surface area contributed by atoms with Crippen molar-refractivity contribution in [2.45, 2.75) is 31.8 Å². The molecule has 0 spiro atoms. The number of nitro benzene ring substituents is 1. The molecule has 0 radical (unpaired) electrons.